The summed E-state index contributed by atoms with van der Waals surface area (Å²) in [6.07, 6.45) is 4.66. The molecule has 0 aliphatic rings. The topological polar surface area (TPSA) is 43.6 Å². The molecule has 1 aromatic carbocycles. The Bertz CT molecular complexity index is 752. The first-order valence-electron chi connectivity index (χ1n) is 7.25. The first-order chi connectivity index (χ1) is 10.8. The molecule has 4 nitrogen and oxygen atoms in total. The summed E-state index contributed by atoms with van der Waals surface area (Å²) in [6.45, 7) is 4.10. The molecule has 0 spiro atoms. The summed E-state index contributed by atoms with van der Waals surface area (Å²) in [6, 6.07) is 12.4. The van der Waals surface area contributed by atoms with E-state index in [1.54, 1.807) is 11.8 Å². The first-order valence-corrected chi connectivity index (χ1v) is 8.24. The van der Waals surface area contributed by atoms with Crippen molar-refractivity contribution < 1.29 is 0 Å². The molecule has 3 rings (SSSR count). The van der Waals surface area contributed by atoms with E-state index in [0.29, 0.717) is 0 Å². The van der Waals surface area contributed by atoms with Gasteiger partial charge in [-0.2, -0.15) is 0 Å². The molecule has 0 fully saturated rings. The van der Waals surface area contributed by atoms with E-state index in [-0.39, 0.29) is 0 Å². The summed E-state index contributed by atoms with van der Waals surface area (Å²) in [5, 5.41) is 9.52. The van der Waals surface area contributed by atoms with Gasteiger partial charge in [0.15, 0.2) is 5.16 Å². The van der Waals surface area contributed by atoms with Crippen molar-refractivity contribution in [3.63, 3.8) is 0 Å². The number of nitrogens with zero attached hydrogens (tertiary/aromatic N) is 4. The average molecular weight is 310 g/mol. The van der Waals surface area contributed by atoms with Gasteiger partial charge in [-0.25, -0.2) is 0 Å². The van der Waals surface area contributed by atoms with Crippen LogP contribution >= 0.6 is 11.8 Å². The van der Waals surface area contributed by atoms with Gasteiger partial charge in [0, 0.05) is 18.1 Å². The Morgan fingerprint density at radius 3 is 2.55 bits per heavy atom. The van der Waals surface area contributed by atoms with E-state index in [9.17, 15) is 0 Å². The zero-order valence-corrected chi connectivity index (χ0v) is 13.5. The predicted octanol–water partition coefficient (Wildman–Crippen LogP) is 3.61. The van der Waals surface area contributed by atoms with Crippen LogP contribution in [0.25, 0.3) is 5.69 Å². The minimum Gasteiger partial charge on any atom is -0.274 e. The monoisotopic (exact) mass is 310 g/mol. The average Bonchev–Trinajstić information content (AvgIpc) is 2.90. The quantitative estimate of drug-likeness (QED) is 0.675. The minimum atomic E-state index is 0.917. The molecule has 0 saturated carbocycles. The van der Waals surface area contributed by atoms with Gasteiger partial charge in [0.1, 0.15) is 5.82 Å². The third-order valence-electron chi connectivity index (χ3n) is 3.52. The van der Waals surface area contributed by atoms with E-state index in [1.807, 2.05) is 25.4 Å². The molecule has 0 unspecified atom stereocenters. The second-order valence-electron chi connectivity index (χ2n) is 5.11. The van der Waals surface area contributed by atoms with Gasteiger partial charge >= 0.3 is 0 Å². The zero-order valence-electron chi connectivity index (χ0n) is 12.7. The van der Waals surface area contributed by atoms with Crippen LogP contribution in [0.4, 0.5) is 0 Å². The summed E-state index contributed by atoms with van der Waals surface area (Å²) in [5.74, 6) is 1.88. The Kier molecular flexibility index (Phi) is 4.53. The Morgan fingerprint density at radius 2 is 1.77 bits per heavy atom. The lowest BCUT2D eigenvalue weighted by atomic mass is 10.2. The van der Waals surface area contributed by atoms with Gasteiger partial charge < -0.3 is 0 Å². The number of pyridine rings is 1. The Labute approximate surface area is 134 Å². The molecule has 2 heterocycles. The number of benzene rings is 1. The van der Waals surface area contributed by atoms with Crippen molar-refractivity contribution in [3.8, 4) is 5.69 Å². The van der Waals surface area contributed by atoms with Gasteiger partial charge in [-0.05, 0) is 49.6 Å². The van der Waals surface area contributed by atoms with Crippen molar-refractivity contribution in [2.45, 2.75) is 25.4 Å². The van der Waals surface area contributed by atoms with Crippen LogP contribution in [0, 0.1) is 13.8 Å². The van der Waals surface area contributed by atoms with Crippen LogP contribution < -0.4 is 0 Å². The molecule has 0 saturated heterocycles. The van der Waals surface area contributed by atoms with Crippen LogP contribution in [0.1, 0.15) is 17.0 Å². The molecule has 0 bridgehead atoms. The number of aromatic nitrogens is 4. The van der Waals surface area contributed by atoms with Gasteiger partial charge in [0.25, 0.3) is 0 Å². The number of hydrogen-bond donors (Lipinski definition) is 0. The minimum absolute atomic E-state index is 0.917. The summed E-state index contributed by atoms with van der Waals surface area (Å²) in [7, 11) is 0. The van der Waals surface area contributed by atoms with Crippen LogP contribution in [-0.4, -0.2) is 25.5 Å². The second-order valence-corrected chi connectivity index (χ2v) is 6.17. The summed E-state index contributed by atoms with van der Waals surface area (Å²) in [5.41, 5.74) is 3.67. The maximum absolute atomic E-state index is 4.33. The number of thioether (sulfide) groups is 1. The molecule has 5 heteroatoms. The third kappa shape index (κ3) is 3.20. The highest BCUT2D eigenvalue weighted by Crippen LogP contribution is 2.24. The standard InChI is InChI=1S/C17H18N4S/c1-13-5-3-4-6-16(13)21-14(2)19-20-17(21)22-12-9-15-7-10-18-11-8-15/h3-8,10-11H,9,12H2,1-2H3. The number of hydrogen-bond acceptors (Lipinski definition) is 4. The van der Waals surface area contributed by atoms with E-state index in [4.69, 9.17) is 0 Å². The van der Waals surface area contributed by atoms with Crippen molar-refractivity contribution in [3.05, 3.63) is 65.7 Å². The molecule has 112 valence electrons. The maximum Gasteiger partial charge on any atom is 0.195 e. The van der Waals surface area contributed by atoms with E-state index >= 15 is 0 Å². The number of para-hydroxylation sites is 1. The van der Waals surface area contributed by atoms with E-state index in [0.717, 1.165) is 28.8 Å². The lowest BCUT2D eigenvalue weighted by Crippen LogP contribution is -2.02. The lowest BCUT2D eigenvalue weighted by Gasteiger charge is -2.11. The van der Waals surface area contributed by atoms with Crippen molar-refractivity contribution in [1.29, 1.82) is 0 Å². The summed E-state index contributed by atoms with van der Waals surface area (Å²) < 4.78 is 2.13. The third-order valence-corrected chi connectivity index (χ3v) is 4.45. The highest BCUT2D eigenvalue weighted by atomic mass is 32.2. The number of aryl methyl sites for hydroxylation is 3. The van der Waals surface area contributed by atoms with Crippen LogP contribution in [-0.2, 0) is 6.42 Å². The van der Waals surface area contributed by atoms with Crippen molar-refractivity contribution >= 4 is 11.8 Å². The normalized spacial score (nSPS) is 10.8. The lowest BCUT2D eigenvalue weighted by molar-refractivity contribution is 0.861. The Morgan fingerprint density at radius 1 is 1.00 bits per heavy atom. The molecule has 0 aliphatic carbocycles. The smallest absolute Gasteiger partial charge is 0.195 e. The summed E-state index contributed by atoms with van der Waals surface area (Å²) in [4.78, 5) is 4.05. The SMILES string of the molecule is Cc1ccccc1-n1c(C)nnc1SCCc1ccncc1. The largest absolute Gasteiger partial charge is 0.274 e. The zero-order chi connectivity index (χ0) is 15.4. The van der Waals surface area contributed by atoms with E-state index < -0.39 is 0 Å². The molecule has 0 N–H and O–H groups in total. The van der Waals surface area contributed by atoms with E-state index in [1.165, 1.54) is 11.1 Å². The van der Waals surface area contributed by atoms with Gasteiger partial charge in [0.2, 0.25) is 0 Å². The van der Waals surface area contributed by atoms with Gasteiger partial charge in [-0.1, -0.05) is 30.0 Å². The van der Waals surface area contributed by atoms with Crippen molar-refractivity contribution in [2.24, 2.45) is 0 Å². The molecule has 0 amide bonds. The Hall–Kier alpha value is -2.14. The van der Waals surface area contributed by atoms with Crippen LogP contribution in [0.3, 0.4) is 0 Å². The van der Waals surface area contributed by atoms with Crippen LogP contribution in [0.15, 0.2) is 53.9 Å². The Balaban J connectivity index is 1.77. The van der Waals surface area contributed by atoms with Gasteiger partial charge in [0.05, 0.1) is 5.69 Å². The van der Waals surface area contributed by atoms with Crippen molar-refractivity contribution in [2.75, 3.05) is 5.75 Å². The molecule has 2 aromatic heterocycles. The van der Waals surface area contributed by atoms with Crippen LogP contribution in [0.5, 0.6) is 0 Å². The maximum atomic E-state index is 4.33. The fourth-order valence-electron chi connectivity index (χ4n) is 2.34. The second kappa shape index (κ2) is 6.75. The molecular formula is C17H18N4S. The highest BCUT2D eigenvalue weighted by Gasteiger charge is 2.12. The molecule has 0 radical (unpaired) electrons. The van der Waals surface area contributed by atoms with E-state index in [2.05, 4.69) is 57.0 Å². The van der Waals surface area contributed by atoms with Crippen LogP contribution in [0.2, 0.25) is 0 Å². The van der Waals surface area contributed by atoms with Gasteiger partial charge in [-0.15, -0.1) is 10.2 Å². The first kappa shape index (κ1) is 14.8. The predicted molar refractivity (Wildman–Crippen MR) is 89.5 cm³/mol. The van der Waals surface area contributed by atoms with Gasteiger partial charge in [-0.3, -0.25) is 9.55 Å². The summed E-state index contributed by atoms with van der Waals surface area (Å²) >= 11 is 1.74. The molecule has 3 aromatic rings. The molecular weight excluding hydrogens is 292 g/mol. The molecule has 0 atom stereocenters. The fraction of sp³-hybridized carbons (Fsp3) is 0.235. The molecule has 22 heavy (non-hydrogen) atoms. The fourth-order valence-corrected chi connectivity index (χ4v) is 3.32. The molecule has 0 aliphatic heterocycles. The number of rotatable bonds is 5. The highest BCUT2D eigenvalue weighted by molar-refractivity contribution is 7.99. The van der Waals surface area contributed by atoms with Crippen molar-refractivity contribution in [1.82, 2.24) is 19.7 Å².